The van der Waals surface area contributed by atoms with Crippen molar-refractivity contribution in [2.45, 2.75) is 89.6 Å². The van der Waals surface area contributed by atoms with Crippen molar-refractivity contribution >= 4 is 0 Å². The van der Waals surface area contributed by atoms with Gasteiger partial charge in [0.15, 0.2) is 18.4 Å². The second-order valence-corrected chi connectivity index (χ2v) is 5.76. The molecule has 2 aliphatic heterocycles. The van der Waals surface area contributed by atoms with Crippen LogP contribution in [0.4, 0.5) is 0 Å². The third kappa shape index (κ3) is 3.75. The van der Waals surface area contributed by atoms with Gasteiger partial charge in [0, 0.05) is 13.0 Å². The second-order valence-electron chi connectivity index (χ2n) is 5.76. The lowest BCUT2D eigenvalue weighted by Gasteiger charge is -2.28. The molecule has 6 heteroatoms. The molecule has 0 aromatic rings. The average molecular weight is 304 g/mol. The summed E-state index contributed by atoms with van der Waals surface area (Å²) in [5, 5.41) is 19.9. The number of hydrogen-bond donors (Lipinski definition) is 2. The second kappa shape index (κ2) is 7.35. The summed E-state index contributed by atoms with van der Waals surface area (Å²) in [6.07, 6.45) is -0.0345. The molecule has 0 aliphatic carbocycles. The Hall–Kier alpha value is -0.240. The predicted molar refractivity (Wildman–Crippen MR) is 75.4 cm³/mol. The largest absolute Gasteiger partial charge is 0.375 e. The fraction of sp³-hybridized carbons (Fsp3) is 1.00. The summed E-state index contributed by atoms with van der Waals surface area (Å²) >= 11 is 0. The van der Waals surface area contributed by atoms with Gasteiger partial charge in [0.25, 0.3) is 0 Å². The summed E-state index contributed by atoms with van der Waals surface area (Å²) in [6.45, 7) is 6.67. The molecule has 0 aromatic carbocycles. The third-order valence-electron chi connectivity index (χ3n) is 4.31. The maximum absolute atomic E-state index is 10.1. The van der Waals surface area contributed by atoms with Gasteiger partial charge in [0.2, 0.25) is 0 Å². The molecule has 0 amide bonds. The van der Waals surface area contributed by atoms with Crippen molar-refractivity contribution in [3.8, 4) is 0 Å². The van der Waals surface area contributed by atoms with Gasteiger partial charge in [-0.15, -0.1) is 0 Å². The lowest BCUT2D eigenvalue weighted by molar-refractivity contribution is -0.260. The average Bonchev–Trinajstić information content (AvgIpc) is 2.82. The van der Waals surface area contributed by atoms with Gasteiger partial charge in [0.1, 0.15) is 12.2 Å². The Morgan fingerprint density at radius 1 is 1.10 bits per heavy atom. The number of ether oxygens (including phenoxy) is 4. The van der Waals surface area contributed by atoms with Gasteiger partial charge < -0.3 is 29.2 Å². The van der Waals surface area contributed by atoms with Gasteiger partial charge in [0.05, 0.1) is 6.10 Å². The first kappa shape index (κ1) is 17.1. The maximum atomic E-state index is 10.1. The van der Waals surface area contributed by atoms with Crippen molar-refractivity contribution in [3.05, 3.63) is 0 Å². The van der Waals surface area contributed by atoms with E-state index in [-0.39, 0.29) is 12.5 Å². The fourth-order valence-electron chi connectivity index (χ4n) is 2.92. The Morgan fingerprint density at radius 2 is 1.76 bits per heavy atom. The van der Waals surface area contributed by atoms with Gasteiger partial charge in [-0.1, -0.05) is 27.2 Å². The molecule has 0 aromatic heterocycles. The Balaban J connectivity index is 2.12. The predicted octanol–water partition coefficient (Wildman–Crippen LogP) is 1.53. The Morgan fingerprint density at radius 3 is 2.38 bits per heavy atom. The summed E-state index contributed by atoms with van der Waals surface area (Å²) in [4.78, 5) is 0. The van der Waals surface area contributed by atoms with E-state index in [0.717, 1.165) is 12.8 Å². The minimum atomic E-state index is -1.20. The van der Waals surface area contributed by atoms with E-state index in [1.807, 2.05) is 13.8 Å². The molecule has 0 saturated carbocycles. The van der Waals surface area contributed by atoms with Crippen molar-refractivity contribution in [1.29, 1.82) is 0 Å². The summed E-state index contributed by atoms with van der Waals surface area (Å²) < 4.78 is 23.1. The number of rotatable bonds is 6. The van der Waals surface area contributed by atoms with E-state index in [9.17, 15) is 10.2 Å². The molecule has 2 N–H and O–H groups in total. The van der Waals surface area contributed by atoms with Crippen molar-refractivity contribution in [3.63, 3.8) is 0 Å². The lowest BCUT2D eigenvalue weighted by Crippen LogP contribution is -2.41. The van der Waals surface area contributed by atoms with E-state index in [1.165, 1.54) is 0 Å². The highest BCUT2D eigenvalue weighted by Crippen LogP contribution is 2.40. The summed E-state index contributed by atoms with van der Waals surface area (Å²) in [7, 11) is 0. The minimum absolute atomic E-state index is 0.273. The molecule has 0 radical (unpaired) electrons. The van der Waals surface area contributed by atoms with E-state index >= 15 is 0 Å². The van der Waals surface area contributed by atoms with E-state index in [0.29, 0.717) is 19.4 Å². The zero-order valence-corrected chi connectivity index (χ0v) is 13.2. The topological polar surface area (TPSA) is 77.4 Å². The molecule has 2 fully saturated rings. The van der Waals surface area contributed by atoms with Crippen LogP contribution in [-0.2, 0) is 18.9 Å². The van der Waals surface area contributed by atoms with Gasteiger partial charge in [-0.3, -0.25) is 0 Å². The SMILES string of the molecule is CCCCO[C@@H]1CC(O)OC(O)[C@@H]2OC(CC)(CC)O[C@H]12. The smallest absolute Gasteiger partial charge is 0.187 e. The molecule has 0 bridgehead atoms. The lowest BCUT2D eigenvalue weighted by atomic mass is 10.1. The third-order valence-corrected chi connectivity index (χ3v) is 4.31. The molecule has 21 heavy (non-hydrogen) atoms. The normalized spacial score (nSPS) is 39.0. The Bertz CT molecular complexity index is 319. The molecular formula is C15H28O6. The highest BCUT2D eigenvalue weighted by molar-refractivity contribution is 4.93. The summed E-state index contributed by atoms with van der Waals surface area (Å²) in [6, 6.07) is 0. The van der Waals surface area contributed by atoms with Gasteiger partial charge in [-0.05, 0) is 19.3 Å². The number of fused-ring (bicyclic) bond motifs is 1. The van der Waals surface area contributed by atoms with Crippen LogP contribution in [0.25, 0.3) is 0 Å². The minimum Gasteiger partial charge on any atom is -0.375 e. The molecule has 2 rings (SSSR count). The van der Waals surface area contributed by atoms with Crippen molar-refractivity contribution in [2.24, 2.45) is 0 Å². The highest BCUT2D eigenvalue weighted by Gasteiger charge is 2.54. The maximum Gasteiger partial charge on any atom is 0.187 e. The summed E-state index contributed by atoms with van der Waals surface area (Å²) in [5.41, 5.74) is 0. The van der Waals surface area contributed by atoms with Gasteiger partial charge in [-0.2, -0.15) is 0 Å². The van der Waals surface area contributed by atoms with Crippen LogP contribution in [0.2, 0.25) is 0 Å². The molecule has 2 unspecified atom stereocenters. The monoisotopic (exact) mass is 304 g/mol. The first-order valence-electron chi connectivity index (χ1n) is 8.04. The molecular weight excluding hydrogens is 276 g/mol. The van der Waals surface area contributed by atoms with Crippen molar-refractivity contribution in [1.82, 2.24) is 0 Å². The Kier molecular flexibility index (Phi) is 5.99. The molecule has 0 spiro atoms. The van der Waals surface area contributed by atoms with E-state index < -0.39 is 30.6 Å². The van der Waals surface area contributed by atoms with Crippen molar-refractivity contribution in [2.75, 3.05) is 6.61 Å². The van der Waals surface area contributed by atoms with Crippen LogP contribution in [0.15, 0.2) is 0 Å². The van der Waals surface area contributed by atoms with Crippen LogP contribution in [0.1, 0.15) is 52.9 Å². The van der Waals surface area contributed by atoms with Gasteiger partial charge in [-0.25, -0.2) is 0 Å². The quantitative estimate of drug-likeness (QED) is 0.725. The van der Waals surface area contributed by atoms with Crippen LogP contribution in [0, 0.1) is 0 Å². The number of hydrogen-bond acceptors (Lipinski definition) is 6. The van der Waals surface area contributed by atoms with Crippen LogP contribution in [0.5, 0.6) is 0 Å². The Labute approximate surface area is 126 Å². The number of unbranched alkanes of at least 4 members (excludes halogenated alkanes) is 1. The molecule has 2 heterocycles. The van der Waals surface area contributed by atoms with E-state index in [1.54, 1.807) is 0 Å². The van der Waals surface area contributed by atoms with Gasteiger partial charge >= 0.3 is 0 Å². The van der Waals surface area contributed by atoms with Crippen LogP contribution in [0.3, 0.4) is 0 Å². The summed E-state index contributed by atoms with van der Waals surface area (Å²) in [5.74, 6) is -0.700. The van der Waals surface area contributed by atoms with E-state index in [4.69, 9.17) is 18.9 Å². The van der Waals surface area contributed by atoms with Crippen LogP contribution >= 0.6 is 0 Å². The fourth-order valence-corrected chi connectivity index (χ4v) is 2.92. The zero-order valence-electron chi connectivity index (χ0n) is 13.2. The molecule has 6 nitrogen and oxygen atoms in total. The molecule has 124 valence electrons. The zero-order chi connectivity index (χ0) is 15.5. The molecule has 2 aliphatic rings. The van der Waals surface area contributed by atoms with Crippen LogP contribution < -0.4 is 0 Å². The number of aliphatic hydroxyl groups is 2. The van der Waals surface area contributed by atoms with Crippen LogP contribution in [-0.4, -0.2) is 53.5 Å². The molecule has 2 saturated heterocycles. The standard InChI is InChI=1S/C15H28O6/c1-4-7-8-18-10-9-11(16)19-14(17)13-12(10)20-15(5-2,6-3)21-13/h10-14,16-17H,4-9H2,1-3H3/t10-,11?,12-,13-,14?/m1/s1. The first-order chi connectivity index (χ1) is 10.0. The number of aliphatic hydroxyl groups excluding tert-OH is 2. The van der Waals surface area contributed by atoms with Crippen molar-refractivity contribution < 1.29 is 29.2 Å². The molecule has 5 atom stereocenters. The highest BCUT2D eigenvalue weighted by atomic mass is 16.8. The van der Waals surface area contributed by atoms with E-state index in [2.05, 4.69) is 6.92 Å². The first-order valence-corrected chi connectivity index (χ1v) is 8.04.